The number of aliphatic carboxylic acids is 1. The summed E-state index contributed by atoms with van der Waals surface area (Å²) in [5.41, 5.74) is -0.172. The topological polar surface area (TPSA) is 101 Å². The molecule has 0 aliphatic heterocycles. The maximum Gasteiger partial charge on any atom is 1.00 e. The van der Waals surface area contributed by atoms with Gasteiger partial charge in [0.2, 0.25) is 0 Å². The van der Waals surface area contributed by atoms with Gasteiger partial charge in [-0.2, -0.15) is 0 Å². The molecule has 0 saturated heterocycles. The number of fused-ring (bicyclic) bond motifs is 5. The van der Waals surface area contributed by atoms with Crippen LogP contribution >= 0.6 is 0 Å². The third kappa shape index (κ3) is 3.84. The predicted octanol–water partition coefficient (Wildman–Crippen LogP) is -0.882. The maximum atomic E-state index is 11.5. The molecule has 4 saturated carbocycles. The molecule has 0 bridgehead atoms. The molecule has 1 unspecified atom stereocenters. The normalized spacial score (nSPS) is 51.1. The van der Waals surface area contributed by atoms with Crippen LogP contribution in [0.15, 0.2) is 0 Å². The fourth-order valence-electron chi connectivity index (χ4n) is 8.68. The summed E-state index contributed by atoms with van der Waals surface area (Å²) in [5, 5.41) is 43.9. The SMILES string of the molecule is CC(CCC(=O)[O-])[C@H]1CC[C@H]2[C@@H]3[C@H](O)C[C@@H]4C[C@H](O)CC[C@]4(C)[C@H]3C[C@H](O)[C@]12C.[Na+]. The van der Waals surface area contributed by atoms with Crippen LogP contribution in [-0.2, 0) is 4.79 Å². The van der Waals surface area contributed by atoms with Gasteiger partial charge in [-0.3, -0.25) is 0 Å². The minimum atomic E-state index is -0.998. The minimum absolute atomic E-state index is 0. The maximum absolute atomic E-state index is 11.5. The first-order valence-corrected chi connectivity index (χ1v) is 11.8. The van der Waals surface area contributed by atoms with Crippen molar-refractivity contribution >= 4 is 5.97 Å². The Kier molecular flexibility index (Phi) is 7.45. The van der Waals surface area contributed by atoms with Gasteiger partial charge in [0.1, 0.15) is 0 Å². The largest absolute Gasteiger partial charge is 1.00 e. The molecule has 166 valence electrons. The molecule has 4 aliphatic rings. The van der Waals surface area contributed by atoms with Gasteiger partial charge in [-0.15, -0.1) is 0 Å². The fourth-order valence-corrected chi connectivity index (χ4v) is 8.68. The Labute approximate surface area is 203 Å². The third-order valence-corrected chi connectivity index (χ3v) is 10.3. The first-order valence-electron chi connectivity index (χ1n) is 11.8. The van der Waals surface area contributed by atoms with E-state index in [1.54, 1.807) is 0 Å². The van der Waals surface area contributed by atoms with E-state index in [-0.39, 0.29) is 82.7 Å². The van der Waals surface area contributed by atoms with E-state index in [1.807, 2.05) is 0 Å². The van der Waals surface area contributed by atoms with Crippen molar-refractivity contribution < 1.29 is 54.8 Å². The van der Waals surface area contributed by atoms with Crippen LogP contribution in [0.4, 0.5) is 0 Å². The van der Waals surface area contributed by atoms with Gasteiger partial charge in [0.05, 0.1) is 18.3 Å². The first kappa shape index (κ1) is 25.0. The number of aliphatic hydroxyl groups excluding tert-OH is 3. The number of carbonyl (C=O) groups excluding carboxylic acids is 1. The van der Waals surface area contributed by atoms with Crippen molar-refractivity contribution in [1.29, 1.82) is 0 Å². The second-order valence-corrected chi connectivity index (χ2v) is 11.4. The van der Waals surface area contributed by atoms with Gasteiger partial charge in [-0.1, -0.05) is 20.8 Å². The van der Waals surface area contributed by atoms with E-state index in [9.17, 15) is 25.2 Å². The van der Waals surface area contributed by atoms with Crippen molar-refractivity contribution in [1.82, 2.24) is 0 Å². The van der Waals surface area contributed by atoms with Crippen LogP contribution < -0.4 is 34.7 Å². The summed E-state index contributed by atoms with van der Waals surface area (Å²) in [6.07, 6.45) is 5.72. The van der Waals surface area contributed by atoms with E-state index in [2.05, 4.69) is 20.8 Å². The summed E-state index contributed by atoms with van der Waals surface area (Å²) in [4.78, 5) is 11.0. The molecule has 0 heterocycles. The zero-order valence-electron chi connectivity index (χ0n) is 19.2. The molecule has 0 aromatic heterocycles. The van der Waals surface area contributed by atoms with Crippen LogP contribution in [-0.4, -0.2) is 39.6 Å². The third-order valence-electron chi connectivity index (χ3n) is 10.3. The van der Waals surface area contributed by atoms with Crippen LogP contribution in [0, 0.1) is 46.3 Å². The zero-order valence-corrected chi connectivity index (χ0v) is 21.2. The Balaban J connectivity index is 0.00000256. The minimum Gasteiger partial charge on any atom is -0.550 e. The molecule has 0 radical (unpaired) electrons. The molecule has 4 fully saturated rings. The predicted molar refractivity (Wildman–Crippen MR) is 107 cm³/mol. The zero-order chi connectivity index (χ0) is 21.1. The standard InChI is InChI=1S/C24H40O5.Na/c1-13(4-7-21(28)29)16-5-6-17-22-18(12-20(27)24(16,17)3)23(2)9-8-15(25)10-14(23)11-19(22)26;/h13-20,22,25-27H,4-12H2,1-3H3,(H,28,29);/q;+1/p-1/t13?,14-,15+,16+,17-,18-,19+,20-,22-,23-,24+;/m0./s1. The van der Waals surface area contributed by atoms with E-state index < -0.39 is 12.1 Å². The first-order chi connectivity index (χ1) is 13.6. The Morgan fingerprint density at radius 2 is 1.77 bits per heavy atom. The van der Waals surface area contributed by atoms with Crippen molar-refractivity contribution in [3.63, 3.8) is 0 Å². The summed E-state index contributed by atoms with van der Waals surface area (Å²) in [6.45, 7) is 6.67. The van der Waals surface area contributed by atoms with Gasteiger partial charge < -0.3 is 25.2 Å². The molecule has 3 N–H and O–H groups in total. The number of carboxylic acid groups (broad SMARTS) is 1. The summed E-state index contributed by atoms with van der Waals surface area (Å²) < 4.78 is 0. The Bertz CT molecular complexity index is 643. The molecule has 0 aromatic carbocycles. The summed E-state index contributed by atoms with van der Waals surface area (Å²) in [7, 11) is 0. The molecule has 0 spiro atoms. The van der Waals surface area contributed by atoms with Gasteiger partial charge in [0, 0.05) is 5.97 Å². The molecule has 6 heteroatoms. The average molecular weight is 431 g/mol. The van der Waals surface area contributed by atoms with Crippen molar-refractivity contribution in [2.45, 2.75) is 96.9 Å². The molecule has 30 heavy (non-hydrogen) atoms. The Morgan fingerprint density at radius 1 is 1.07 bits per heavy atom. The molecule has 0 amide bonds. The molecule has 11 atom stereocenters. The number of carbonyl (C=O) groups is 1. The smallest absolute Gasteiger partial charge is 0.550 e. The Morgan fingerprint density at radius 3 is 2.43 bits per heavy atom. The molecule has 0 aromatic rings. The fraction of sp³-hybridized carbons (Fsp3) is 0.958. The van der Waals surface area contributed by atoms with Crippen LogP contribution in [0.3, 0.4) is 0 Å². The van der Waals surface area contributed by atoms with Gasteiger partial charge in [0.15, 0.2) is 0 Å². The molecule has 5 nitrogen and oxygen atoms in total. The van der Waals surface area contributed by atoms with Crippen LogP contribution in [0.1, 0.15) is 78.6 Å². The average Bonchev–Trinajstić information content (AvgIpc) is 3.01. The number of rotatable bonds is 4. The van der Waals surface area contributed by atoms with Gasteiger partial charge in [-0.05, 0) is 104 Å². The van der Waals surface area contributed by atoms with Gasteiger partial charge >= 0.3 is 29.6 Å². The number of hydrogen-bond donors (Lipinski definition) is 3. The number of carboxylic acids is 1. The quantitative estimate of drug-likeness (QED) is 0.503. The summed E-state index contributed by atoms with van der Waals surface area (Å²) >= 11 is 0. The van der Waals surface area contributed by atoms with E-state index in [0.29, 0.717) is 18.3 Å². The second kappa shape index (κ2) is 8.95. The van der Waals surface area contributed by atoms with E-state index >= 15 is 0 Å². The molecule has 4 aliphatic carbocycles. The molecule has 4 rings (SSSR count). The van der Waals surface area contributed by atoms with Crippen molar-refractivity contribution in [2.75, 3.05) is 0 Å². The van der Waals surface area contributed by atoms with E-state index in [1.165, 1.54) is 0 Å². The van der Waals surface area contributed by atoms with E-state index in [0.717, 1.165) is 44.9 Å². The molecular formula is C24H39NaO5. The monoisotopic (exact) mass is 430 g/mol. The Hall–Kier alpha value is 0.350. The van der Waals surface area contributed by atoms with Crippen molar-refractivity contribution in [3.05, 3.63) is 0 Å². The van der Waals surface area contributed by atoms with Gasteiger partial charge in [-0.25, -0.2) is 0 Å². The number of aliphatic hydroxyl groups is 3. The number of hydrogen-bond acceptors (Lipinski definition) is 5. The second-order valence-electron chi connectivity index (χ2n) is 11.4. The summed E-state index contributed by atoms with van der Waals surface area (Å²) in [6, 6.07) is 0. The van der Waals surface area contributed by atoms with Crippen molar-refractivity contribution in [2.24, 2.45) is 46.3 Å². The van der Waals surface area contributed by atoms with E-state index in [4.69, 9.17) is 0 Å². The summed E-state index contributed by atoms with van der Waals surface area (Å²) in [5.74, 6) is 0.635. The van der Waals surface area contributed by atoms with Gasteiger partial charge in [0.25, 0.3) is 0 Å². The van der Waals surface area contributed by atoms with Crippen molar-refractivity contribution in [3.8, 4) is 0 Å². The molecular weight excluding hydrogens is 391 g/mol. The van der Waals surface area contributed by atoms with Crippen LogP contribution in [0.5, 0.6) is 0 Å². The van der Waals surface area contributed by atoms with Crippen LogP contribution in [0.2, 0.25) is 0 Å². The van der Waals surface area contributed by atoms with Crippen LogP contribution in [0.25, 0.3) is 0 Å².